The van der Waals surface area contributed by atoms with E-state index in [1.165, 1.54) is 25.7 Å². The zero-order valence-electron chi connectivity index (χ0n) is 10.1. The fourth-order valence-electron chi connectivity index (χ4n) is 3.47. The molecular formula is C15H20O2. The van der Waals surface area contributed by atoms with Crippen molar-refractivity contribution in [3.8, 4) is 5.75 Å². The summed E-state index contributed by atoms with van der Waals surface area (Å²) in [4.78, 5) is 0. The van der Waals surface area contributed by atoms with Crippen molar-refractivity contribution in [2.75, 3.05) is 6.61 Å². The maximum Gasteiger partial charge on any atom is 0.119 e. The minimum absolute atomic E-state index is 0.104. The number of hydrogen-bond donors (Lipinski definition) is 1. The molecule has 3 rings (SSSR count). The van der Waals surface area contributed by atoms with Crippen LogP contribution in [0.2, 0.25) is 0 Å². The van der Waals surface area contributed by atoms with Gasteiger partial charge in [-0.2, -0.15) is 0 Å². The smallest absolute Gasteiger partial charge is 0.119 e. The van der Waals surface area contributed by atoms with Crippen molar-refractivity contribution in [2.24, 2.45) is 17.8 Å². The summed E-state index contributed by atoms with van der Waals surface area (Å²) in [6.45, 7) is 0.978. The van der Waals surface area contributed by atoms with Gasteiger partial charge < -0.3 is 9.84 Å². The van der Waals surface area contributed by atoms with Crippen LogP contribution in [-0.4, -0.2) is 11.7 Å². The SMILES string of the molecule is OCc1ccc(OCC2CC3CCC2C3)cc1. The van der Waals surface area contributed by atoms with Gasteiger partial charge in [0.05, 0.1) is 13.2 Å². The summed E-state index contributed by atoms with van der Waals surface area (Å²) >= 11 is 0. The lowest BCUT2D eigenvalue weighted by molar-refractivity contribution is 0.195. The summed E-state index contributed by atoms with van der Waals surface area (Å²) in [5, 5.41) is 8.96. The van der Waals surface area contributed by atoms with Crippen LogP contribution < -0.4 is 4.74 Å². The van der Waals surface area contributed by atoms with Crippen molar-refractivity contribution >= 4 is 0 Å². The highest BCUT2D eigenvalue weighted by molar-refractivity contribution is 5.26. The summed E-state index contributed by atoms with van der Waals surface area (Å²) in [5.41, 5.74) is 0.942. The molecule has 2 heteroatoms. The zero-order chi connectivity index (χ0) is 11.7. The van der Waals surface area contributed by atoms with E-state index in [0.29, 0.717) is 0 Å². The monoisotopic (exact) mass is 232 g/mol. The van der Waals surface area contributed by atoms with Crippen molar-refractivity contribution in [3.63, 3.8) is 0 Å². The van der Waals surface area contributed by atoms with Crippen molar-refractivity contribution in [2.45, 2.75) is 32.3 Å². The van der Waals surface area contributed by atoms with Crippen LogP contribution in [0.15, 0.2) is 24.3 Å². The van der Waals surface area contributed by atoms with Gasteiger partial charge in [0.1, 0.15) is 5.75 Å². The zero-order valence-corrected chi connectivity index (χ0v) is 10.1. The summed E-state index contributed by atoms with van der Waals surface area (Å²) in [6.07, 6.45) is 5.69. The quantitative estimate of drug-likeness (QED) is 0.864. The molecule has 0 aliphatic heterocycles. The van der Waals surface area contributed by atoms with E-state index in [0.717, 1.165) is 35.7 Å². The molecule has 2 aliphatic carbocycles. The van der Waals surface area contributed by atoms with Gasteiger partial charge in [-0.25, -0.2) is 0 Å². The minimum Gasteiger partial charge on any atom is -0.493 e. The Morgan fingerprint density at radius 2 is 1.94 bits per heavy atom. The van der Waals surface area contributed by atoms with Crippen LogP contribution in [0.25, 0.3) is 0 Å². The second-order valence-electron chi connectivity index (χ2n) is 5.55. The van der Waals surface area contributed by atoms with Crippen LogP contribution in [0.1, 0.15) is 31.2 Å². The molecule has 1 aromatic carbocycles. The predicted molar refractivity (Wildman–Crippen MR) is 66.8 cm³/mol. The highest BCUT2D eigenvalue weighted by Gasteiger charge is 2.39. The lowest BCUT2D eigenvalue weighted by atomic mass is 9.89. The Morgan fingerprint density at radius 1 is 1.12 bits per heavy atom. The van der Waals surface area contributed by atoms with Crippen LogP contribution in [0.5, 0.6) is 5.75 Å². The molecule has 3 unspecified atom stereocenters. The second kappa shape index (κ2) is 4.69. The second-order valence-corrected chi connectivity index (χ2v) is 5.55. The van der Waals surface area contributed by atoms with Gasteiger partial charge >= 0.3 is 0 Å². The first kappa shape index (κ1) is 11.1. The molecule has 0 saturated heterocycles. The van der Waals surface area contributed by atoms with E-state index in [1.807, 2.05) is 24.3 Å². The molecular weight excluding hydrogens is 212 g/mol. The third kappa shape index (κ3) is 2.32. The van der Waals surface area contributed by atoms with Gasteiger partial charge in [0.15, 0.2) is 0 Å². The topological polar surface area (TPSA) is 29.5 Å². The number of benzene rings is 1. The van der Waals surface area contributed by atoms with E-state index in [-0.39, 0.29) is 6.61 Å². The molecule has 17 heavy (non-hydrogen) atoms. The van der Waals surface area contributed by atoms with Gasteiger partial charge in [-0.3, -0.25) is 0 Å². The fraction of sp³-hybridized carbons (Fsp3) is 0.600. The summed E-state index contributed by atoms with van der Waals surface area (Å²) in [6, 6.07) is 7.77. The molecule has 1 N–H and O–H groups in total. The normalized spacial score (nSPS) is 30.8. The van der Waals surface area contributed by atoms with Gasteiger partial charge in [0, 0.05) is 0 Å². The summed E-state index contributed by atoms with van der Waals surface area (Å²) in [5.74, 6) is 3.64. The van der Waals surface area contributed by atoms with Crippen molar-refractivity contribution < 1.29 is 9.84 Å². The van der Waals surface area contributed by atoms with Gasteiger partial charge in [0.2, 0.25) is 0 Å². The lowest BCUT2D eigenvalue weighted by Crippen LogP contribution is -2.18. The molecule has 2 bridgehead atoms. The molecule has 2 fully saturated rings. The number of fused-ring (bicyclic) bond motifs is 2. The Morgan fingerprint density at radius 3 is 2.53 bits per heavy atom. The van der Waals surface area contributed by atoms with E-state index in [2.05, 4.69) is 0 Å². The Labute approximate surface area is 103 Å². The van der Waals surface area contributed by atoms with Crippen LogP contribution >= 0.6 is 0 Å². The van der Waals surface area contributed by atoms with Crippen molar-refractivity contribution in [3.05, 3.63) is 29.8 Å². The van der Waals surface area contributed by atoms with Gasteiger partial charge in [-0.15, -0.1) is 0 Å². The maximum atomic E-state index is 8.96. The first-order valence-corrected chi connectivity index (χ1v) is 6.68. The average molecular weight is 232 g/mol. The standard InChI is InChI=1S/C15H20O2/c16-9-11-2-5-15(6-3-11)17-10-14-8-12-1-4-13(14)7-12/h2-3,5-6,12-14,16H,1,4,7-10H2. The van der Waals surface area contributed by atoms with Crippen LogP contribution in [0.3, 0.4) is 0 Å². The third-order valence-corrected chi connectivity index (χ3v) is 4.45. The average Bonchev–Trinajstić information content (AvgIpc) is 2.99. The molecule has 0 aromatic heterocycles. The molecule has 0 radical (unpaired) electrons. The lowest BCUT2D eigenvalue weighted by Gasteiger charge is -2.21. The van der Waals surface area contributed by atoms with Crippen LogP contribution in [-0.2, 0) is 6.61 Å². The van der Waals surface area contributed by atoms with Crippen molar-refractivity contribution in [1.29, 1.82) is 0 Å². The van der Waals surface area contributed by atoms with Gasteiger partial charge in [0.25, 0.3) is 0 Å². The number of ether oxygens (including phenoxy) is 1. The van der Waals surface area contributed by atoms with E-state index >= 15 is 0 Å². The summed E-state index contributed by atoms with van der Waals surface area (Å²) < 4.78 is 5.86. The molecule has 92 valence electrons. The molecule has 3 atom stereocenters. The van der Waals surface area contributed by atoms with E-state index < -0.39 is 0 Å². The van der Waals surface area contributed by atoms with E-state index in [4.69, 9.17) is 9.84 Å². The highest BCUT2D eigenvalue weighted by Crippen LogP contribution is 2.48. The molecule has 0 heterocycles. The highest BCUT2D eigenvalue weighted by atomic mass is 16.5. The number of aliphatic hydroxyl groups excluding tert-OH is 1. The molecule has 2 nitrogen and oxygen atoms in total. The Bertz CT molecular complexity index is 371. The predicted octanol–water partition coefficient (Wildman–Crippen LogP) is 2.99. The Balaban J connectivity index is 1.53. The first-order chi connectivity index (χ1) is 8.35. The first-order valence-electron chi connectivity index (χ1n) is 6.68. The van der Waals surface area contributed by atoms with E-state index in [1.54, 1.807) is 0 Å². The van der Waals surface area contributed by atoms with Gasteiger partial charge in [-0.05, 0) is 54.7 Å². The number of rotatable bonds is 4. The molecule has 2 saturated carbocycles. The Kier molecular flexibility index (Phi) is 3.06. The van der Waals surface area contributed by atoms with Crippen LogP contribution in [0, 0.1) is 17.8 Å². The molecule has 1 aromatic rings. The van der Waals surface area contributed by atoms with Crippen molar-refractivity contribution in [1.82, 2.24) is 0 Å². The number of hydrogen-bond acceptors (Lipinski definition) is 2. The van der Waals surface area contributed by atoms with Crippen LogP contribution in [0.4, 0.5) is 0 Å². The molecule has 0 spiro atoms. The largest absolute Gasteiger partial charge is 0.493 e. The maximum absolute atomic E-state index is 8.96. The number of aliphatic hydroxyl groups is 1. The molecule has 0 amide bonds. The van der Waals surface area contributed by atoms with E-state index in [9.17, 15) is 0 Å². The minimum atomic E-state index is 0.104. The molecule has 2 aliphatic rings. The van der Waals surface area contributed by atoms with Gasteiger partial charge in [-0.1, -0.05) is 18.6 Å². The Hall–Kier alpha value is -1.02. The third-order valence-electron chi connectivity index (χ3n) is 4.45. The fourth-order valence-corrected chi connectivity index (χ4v) is 3.47. The summed E-state index contributed by atoms with van der Waals surface area (Å²) in [7, 11) is 0.